The molecule has 2 aromatic rings. The number of likely N-dealkylation sites (tertiary alicyclic amines) is 1. The summed E-state index contributed by atoms with van der Waals surface area (Å²) in [5, 5.41) is 4.32. The zero-order chi connectivity index (χ0) is 47.1. The number of thiazole rings is 1. The van der Waals surface area contributed by atoms with Gasteiger partial charge in [-0.05, 0) is 67.6 Å². The van der Waals surface area contributed by atoms with Crippen molar-refractivity contribution in [2.24, 2.45) is 34.5 Å². The molecule has 4 amide bonds. The zero-order valence-corrected chi connectivity index (χ0v) is 40.2. The molecule has 2 saturated carbocycles. The van der Waals surface area contributed by atoms with Crippen LogP contribution in [0.3, 0.4) is 0 Å². The largest absolute Gasteiger partial charge is 0.513 e. The fraction of sp³-hybridized carbons (Fsp3) is 0.630. The topological polar surface area (TPSA) is 208 Å². The minimum absolute atomic E-state index is 0.0976. The lowest BCUT2D eigenvalue weighted by Crippen LogP contribution is -2.58. The number of amides is 4. The number of esters is 1. The molecule has 0 unspecified atom stereocenters. The van der Waals surface area contributed by atoms with Crippen LogP contribution >= 0.6 is 22.9 Å². The molecule has 19 heteroatoms. The molecule has 1 aromatic carbocycles. The van der Waals surface area contributed by atoms with E-state index in [4.69, 9.17) is 25.8 Å². The number of carbonyl (C=O) groups excluding carboxylic acids is 6. The van der Waals surface area contributed by atoms with Crippen LogP contribution in [0.1, 0.15) is 109 Å². The number of hydrogen-bond acceptors (Lipinski definition) is 13. The lowest BCUT2D eigenvalue weighted by Gasteiger charge is -2.32. The van der Waals surface area contributed by atoms with Gasteiger partial charge in [0.15, 0.2) is 10.8 Å². The summed E-state index contributed by atoms with van der Waals surface area (Å²) in [6.07, 6.45) is 7.17. The normalized spacial score (nSPS) is 26.7. The number of aromatic nitrogens is 1. The van der Waals surface area contributed by atoms with E-state index in [9.17, 15) is 37.2 Å². The van der Waals surface area contributed by atoms with E-state index in [0.29, 0.717) is 43.4 Å². The second-order valence-electron chi connectivity index (χ2n) is 20.6. The lowest BCUT2D eigenvalue weighted by atomic mass is 9.92. The van der Waals surface area contributed by atoms with Gasteiger partial charge in [0, 0.05) is 54.2 Å². The summed E-state index contributed by atoms with van der Waals surface area (Å²) in [6, 6.07) is 3.62. The standard InChI is InChI=1S/C46H60ClN5O11S2/c1-44(2,3)25-61-36(53)19-28-12-10-8-7-9-11-13-30-20-46(30,42(57)50-65(59,60)31-15-16-31)49-38(54)37-32-23-51(21-29(32)22-52(37)40(28)55)41(56)39-48-34(24-64-39)27-14-17-35(33(47)18-27)63-43(58)62-26-45(4,5)6/h11,13-14,17-18,24,28-32,37H,7-10,12,15-16,19-23,25-26H2,1-6H3,(H,49,54)(H,50,57)/b13-11-/t28-,29+,30-,32+,37+,46-/m1/s1. The molecule has 3 aliphatic heterocycles. The molecule has 2 N–H and O–H groups in total. The van der Waals surface area contributed by atoms with Gasteiger partial charge in [-0.2, -0.15) is 0 Å². The highest BCUT2D eigenvalue weighted by Crippen LogP contribution is 2.47. The fourth-order valence-electron chi connectivity index (χ4n) is 8.70. The summed E-state index contributed by atoms with van der Waals surface area (Å²) in [5.41, 5.74) is -1.04. The second kappa shape index (κ2) is 19.0. The van der Waals surface area contributed by atoms with E-state index < -0.39 is 68.5 Å². The first kappa shape index (κ1) is 48.4. The van der Waals surface area contributed by atoms with Crippen LogP contribution in [0.4, 0.5) is 4.79 Å². The summed E-state index contributed by atoms with van der Waals surface area (Å²) in [7, 11) is -3.94. The number of carbonyl (C=O) groups is 6. The van der Waals surface area contributed by atoms with Crippen molar-refractivity contribution in [3.63, 3.8) is 0 Å². The molecule has 354 valence electrons. The van der Waals surface area contributed by atoms with Crippen molar-refractivity contribution in [2.45, 2.75) is 116 Å². The summed E-state index contributed by atoms with van der Waals surface area (Å²) in [6.45, 7) is 12.4. The third-order valence-electron chi connectivity index (χ3n) is 12.4. The number of fused-ring (bicyclic) bond motifs is 4. The van der Waals surface area contributed by atoms with E-state index in [-0.39, 0.29) is 90.0 Å². The fourth-order valence-corrected chi connectivity index (χ4v) is 11.1. The Morgan fingerprint density at radius 1 is 0.969 bits per heavy atom. The summed E-state index contributed by atoms with van der Waals surface area (Å²) < 4.78 is 44.3. The van der Waals surface area contributed by atoms with Crippen LogP contribution in [-0.2, 0) is 38.7 Å². The van der Waals surface area contributed by atoms with Gasteiger partial charge in [0.05, 0.1) is 35.6 Å². The van der Waals surface area contributed by atoms with Gasteiger partial charge in [-0.15, -0.1) is 11.3 Å². The molecule has 4 fully saturated rings. The van der Waals surface area contributed by atoms with Crippen LogP contribution in [0.5, 0.6) is 5.75 Å². The van der Waals surface area contributed by atoms with Crippen molar-refractivity contribution in [1.29, 1.82) is 0 Å². The predicted octanol–water partition coefficient (Wildman–Crippen LogP) is 6.52. The molecule has 2 saturated heterocycles. The van der Waals surface area contributed by atoms with E-state index >= 15 is 0 Å². The van der Waals surface area contributed by atoms with Crippen molar-refractivity contribution in [2.75, 3.05) is 32.8 Å². The Kier molecular flexibility index (Phi) is 14.1. The first-order valence-electron chi connectivity index (χ1n) is 22.4. The van der Waals surface area contributed by atoms with Gasteiger partial charge in [0.25, 0.3) is 11.8 Å². The monoisotopic (exact) mass is 957 g/mol. The Bertz CT molecular complexity index is 2340. The van der Waals surface area contributed by atoms with Crippen molar-refractivity contribution in [1.82, 2.24) is 24.8 Å². The summed E-state index contributed by atoms with van der Waals surface area (Å²) >= 11 is 7.61. The van der Waals surface area contributed by atoms with Crippen LogP contribution in [0.15, 0.2) is 35.7 Å². The van der Waals surface area contributed by atoms with Crippen LogP contribution in [0.2, 0.25) is 5.02 Å². The summed E-state index contributed by atoms with van der Waals surface area (Å²) in [4.78, 5) is 90.8. The molecular formula is C46H60ClN5O11S2. The van der Waals surface area contributed by atoms with Crippen molar-refractivity contribution in [3.05, 3.63) is 45.8 Å². The highest BCUT2D eigenvalue weighted by atomic mass is 35.5. The highest BCUT2D eigenvalue weighted by Gasteiger charge is 2.63. The quantitative estimate of drug-likeness (QED) is 0.148. The number of nitrogens with one attached hydrogen (secondary N) is 2. The minimum atomic E-state index is -3.94. The van der Waals surface area contributed by atoms with E-state index in [2.05, 4.69) is 15.0 Å². The zero-order valence-electron chi connectivity index (χ0n) is 37.9. The number of benzene rings is 1. The minimum Gasteiger partial charge on any atom is -0.465 e. The average molecular weight is 959 g/mol. The lowest BCUT2D eigenvalue weighted by molar-refractivity contribution is -0.152. The molecule has 16 nitrogen and oxygen atoms in total. The first-order valence-corrected chi connectivity index (χ1v) is 25.2. The van der Waals surface area contributed by atoms with Gasteiger partial charge in [0.1, 0.15) is 11.6 Å². The Balaban J connectivity index is 1.11. The molecular weight excluding hydrogens is 898 g/mol. The Hall–Kier alpha value is -4.55. The van der Waals surface area contributed by atoms with Gasteiger partial charge in [-0.1, -0.05) is 78.1 Å². The van der Waals surface area contributed by atoms with Crippen LogP contribution in [-0.4, -0.2) is 109 Å². The summed E-state index contributed by atoms with van der Waals surface area (Å²) in [5.74, 6) is -4.69. The molecule has 65 heavy (non-hydrogen) atoms. The van der Waals surface area contributed by atoms with E-state index in [1.165, 1.54) is 11.0 Å². The number of allylic oxidation sites excluding steroid dienone is 1. The maximum atomic E-state index is 14.8. The van der Waals surface area contributed by atoms with Gasteiger partial charge >= 0.3 is 12.1 Å². The highest BCUT2D eigenvalue weighted by molar-refractivity contribution is 7.91. The van der Waals surface area contributed by atoms with Gasteiger partial charge in [-0.3, -0.25) is 28.7 Å². The molecule has 0 spiro atoms. The molecule has 6 atom stereocenters. The Labute approximate surface area is 389 Å². The molecule has 4 heterocycles. The molecule has 5 aliphatic rings. The van der Waals surface area contributed by atoms with Crippen LogP contribution in [0, 0.1) is 34.5 Å². The van der Waals surface area contributed by atoms with E-state index in [0.717, 1.165) is 24.2 Å². The number of halogens is 1. The Morgan fingerprint density at radius 2 is 1.69 bits per heavy atom. The number of rotatable bonds is 10. The van der Waals surface area contributed by atoms with E-state index in [1.807, 2.05) is 53.7 Å². The van der Waals surface area contributed by atoms with Crippen LogP contribution < -0.4 is 14.8 Å². The van der Waals surface area contributed by atoms with Gasteiger partial charge in [-0.25, -0.2) is 18.2 Å². The number of nitrogens with zero attached hydrogens (tertiary/aromatic N) is 3. The van der Waals surface area contributed by atoms with Crippen LogP contribution in [0.25, 0.3) is 11.3 Å². The third-order valence-corrected chi connectivity index (χ3v) is 15.4. The number of hydrogen-bond donors (Lipinski definition) is 2. The SMILES string of the molecule is CC(C)(C)COC(=O)C[C@H]1CCCCC/C=C\[C@@H]2C[C@@]2(C(=O)NS(=O)(=O)C2CC2)NC(=O)[C@@H]2[C@H]3CN(C(=O)c4nc(-c5ccc(OC(=O)OCC(C)(C)C)c(Cl)c5)cs4)C[C@H]3CN2C1=O. The van der Waals surface area contributed by atoms with Crippen molar-refractivity contribution < 1.29 is 51.4 Å². The second-order valence-corrected chi connectivity index (χ2v) is 23.8. The maximum absolute atomic E-state index is 14.8. The molecule has 0 radical (unpaired) electrons. The molecule has 1 aromatic heterocycles. The van der Waals surface area contributed by atoms with E-state index in [1.54, 1.807) is 22.4 Å². The number of ether oxygens (including phenoxy) is 3. The van der Waals surface area contributed by atoms with Crippen molar-refractivity contribution >= 4 is 68.7 Å². The average Bonchev–Trinajstić information content (AvgIpc) is 4.05. The van der Waals surface area contributed by atoms with Gasteiger partial charge < -0.3 is 29.3 Å². The third kappa shape index (κ3) is 11.7. The molecule has 2 aliphatic carbocycles. The first-order chi connectivity index (χ1) is 30.5. The van der Waals surface area contributed by atoms with Crippen molar-refractivity contribution in [3.8, 4) is 17.0 Å². The maximum Gasteiger partial charge on any atom is 0.513 e. The molecule has 0 bridgehead atoms. The number of sulfonamides is 1. The Morgan fingerprint density at radius 3 is 2.38 bits per heavy atom. The van der Waals surface area contributed by atoms with Gasteiger partial charge in [0.2, 0.25) is 21.8 Å². The molecule has 7 rings (SSSR count). The smallest absolute Gasteiger partial charge is 0.465 e. The predicted molar refractivity (Wildman–Crippen MR) is 242 cm³/mol.